The highest BCUT2D eigenvalue weighted by atomic mass is 32.2. The van der Waals surface area contributed by atoms with Crippen LogP contribution in [0.1, 0.15) is 127 Å². The molecule has 15 atom stereocenters. The van der Waals surface area contributed by atoms with Gasteiger partial charge in [-0.1, -0.05) is 88.1 Å². The molecule has 3 aromatic carbocycles. The number of aromatic nitrogens is 4. The number of carbonyl (C=O) groups is 17. The molecular formula is C89H125N25O20S. The Morgan fingerprint density at radius 1 is 0.541 bits per heavy atom. The van der Waals surface area contributed by atoms with Crippen molar-refractivity contribution in [3.05, 3.63) is 120 Å². The van der Waals surface area contributed by atoms with Gasteiger partial charge < -0.3 is 136 Å². The van der Waals surface area contributed by atoms with E-state index in [2.05, 4.69) is 78.4 Å². The van der Waals surface area contributed by atoms with Crippen LogP contribution < -0.4 is 81.4 Å². The van der Waals surface area contributed by atoms with Crippen molar-refractivity contribution in [2.45, 2.75) is 221 Å². The van der Waals surface area contributed by atoms with E-state index in [0.717, 1.165) is 36.3 Å². The second kappa shape index (κ2) is 50.4. The summed E-state index contributed by atoms with van der Waals surface area (Å²) in [5.74, 6) is -18.0. The molecule has 0 radical (unpaired) electrons. The molecule has 17 amide bonds. The van der Waals surface area contributed by atoms with Gasteiger partial charge in [-0.05, 0) is 99.4 Å². The summed E-state index contributed by atoms with van der Waals surface area (Å²) in [5, 5.41) is 70.7. The Bertz CT molecular complexity index is 5210. The highest BCUT2D eigenvalue weighted by Gasteiger charge is 2.47. The first-order valence-corrected chi connectivity index (χ1v) is 46.1. The van der Waals surface area contributed by atoms with Crippen molar-refractivity contribution in [2.24, 2.45) is 22.9 Å². The quantitative estimate of drug-likeness (QED) is 0.0138. The second-order valence-corrected chi connectivity index (χ2v) is 35.0. The summed E-state index contributed by atoms with van der Waals surface area (Å²) in [6.45, 7) is 2.16. The second-order valence-electron chi connectivity index (χ2n) is 33.9. The molecule has 3 aromatic heterocycles. The first-order chi connectivity index (χ1) is 64.4. The standard InChI is InChI=1S/C89H125N25O20S/c1-7-9-22-68-81(127)102-59(21-15-31-96-89(93)94)77(123)109-67(76(122)99-42-73(92)119)45-135-46-74(120)101-63(33-49-25-27-53(116)28-26-49)84(130)110(4)48(3)75(121)106-65(38-72(91)118)87(133)113-32-16-24-69(113)82(128)105-62(36-52-41-95-47-100-52)79(125)103-60(29-30-90)86(132)114-43-54(117)37-71(114)83(129)104-61(34-50-39-97-57-19-13-11-17-55(50)57)78(124)108-66(44-115)80(126)107-64(35-51-40-98-58-20-14-12-18-56(51)58)85(131)112(6)70(23-10-8-2)88(134)111(68)5/h11-14,17-20,25-28,39-41,47-48,54,59-71,97-98,115-117H,7-10,15-16,21-24,29-38,42-46,90H2,1-6H3,(H2,91,118)(H2,92,119)(H,95,100)(H,99,122)(H,101,120)(H,102,127)(H,103,125)(H,104,129)(H,105,128)(H,106,121)(H,107,126)(H,108,124)(H,109,123)(H4,93,94,96)/t48-,54+,59-,60-,61-,62-,63-,64-,65-,66-,67?,68-,69-,70-,71-/m0/s1. The summed E-state index contributed by atoms with van der Waals surface area (Å²) in [4.78, 5) is 268. The lowest BCUT2D eigenvalue weighted by atomic mass is 10.00. The molecule has 3 aliphatic heterocycles. The van der Waals surface area contributed by atoms with Gasteiger partial charge in [0.1, 0.15) is 90.3 Å². The molecule has 0 saturated carbocycles. The number of H-pyrrole nitrogens is 3. The van der Waals surface area contributed by atoms with Crippen LogP contribution in [-0.2, 0) is 107 Å². The third kappa shape index (κ3) is 29.1. The number of unbranched alkanes of at least 4 members (excludes halogenated alkanes) is 2. The number of phenolic OH excluding ortho intramolecular Hbond substituents is 1. The molecule has 9 rings (SSSR count). The maximum Gasteiger partial charge on any atom is 0.246 e. The lowest BCUT2D eigenvalue weighted by Crippen LogP contribution is -2.62. The number of fused-ring (bicyclic) bond motifs is 4. The van der Waals surface area contributed by atoms with Crippen molar-refractivity contribution < 1.29 is 96.8 Å². The van der Waals surface area contributed by atoms with E-state index >= 15 is 33.6 Å². The van der Waals surface area contributed by atoms with Gasteiger partial charge in [-0.15, -0.1) is 11.8 Å². The van der Waals surface area contributed by atoms with Crippen molar-refractivity contribution in [1.82, 2.24) is 103 Å². The number of rotatable bonds is 26. The lowest BCUT2D eigenvalue weighted by molar-refractivity contribution is -0.149. The van der Waals surface area contributed by atoms with Crippen LogP contribution in [-0.4, -0.2) is 329 Å². The third-order valence-corrected chi connectivity index (χ3v) is 25.1. The van der Waals surface area contributed by atoms with E-state index in [1.807, 2.05) is 13.8 Å². The van der Waals surface area contributed by atoms with Crippen LogP contribution in [0.3, 0.4) is 0 Å². The third-order valence-electron chi connectivity index (χ3n) is 24.1. The Labute approximate surface area is 782 Å². The van der Waals surface area contributed by atoms with E-state index in [4.69, 9.17) is 28.3 Å². The SMILES string of the molecule is CCCC[C@H]1C(=O)N(C)[C@@H](CCCC)C(=O)N[C@@H](CCCNC(=N)N)C(=O)NC(C(=O)NCC(N)=O)CSCC(=O)N[C@@H](Cc2ccc(O)cc2)C(=O)N(C)[C@@H](C)C(=O)N[C@@H](CC(N)=O)C(=O)N2CCC[C@H]2C(=O)N[C@@H](Cc2cnc[nH]2)C(=O)N[C@@H](CCN)C(=O)N2C[C@H](O)C[C@H]2C(=O)N[C@@H](Cc2c[nH]c3ccccc23)C(=O)N[C@@H](CO)C(=O)N[C@@H](Cc2c[nH]c3ccccc23)C(=O)N1C. The Balaban J connectivity index is 1.10. The van der Waals surface area contributed by atoms with Crippen molar-refractivity contribution >= 4 is 140 Å². The van der Waals surface area contributed by atoms with Gasteiger partial charge in [-0.2, -0.15) is 0 Å². The van der Waals surface area contributed by atoms with Crippen molar-refractivity contribution in [1.29, 1.82) is 5.41 Å². The summed E-state index contributed by atoms with van der Waals surface area (Å²) in [6.07, 6.45) is 3.20. The fourth-order valence-electron chi connectivity index (χ4n) is 16.5. The monoisotopic (exact) mass is 1900 g/mol. The van der Waals surface area contributed by atoms with E-state index in [1.165, 1.54) is 64.9 Å². The van der Waals surface area contributed by atoms with Crippen LogP contribution >= 0.6 is 11.8 Å². The average Bonchev–Trinajstić information content (AvgIpc) is 1.69. The van der Waals surface area contributed by atoms with Gasteiger partial charge in [-0.3, -0.25) is 86.9 Å². The van der Waals surface area contributed by atoms with Gasteiger partial charge >= 0.3 is 0 Å². The topological polar surface area (TPSA) is 688 Å². The zero-order chi connectivity index (χ0) is 98.4. The number of thioether (sulfide) groups is 1. The number of guanidine groups is 1. The summed E-state index contributed by atoms with van der Waals surface area (Å²) in [7, 11) is 3.88. The van der Waals surface area contributed by atoms with Gasteiger partial charge in [0, 0.05) is 125 Å². The fraction of sp³-hybridized carbons (Fsp3) is 0.517. The zero-order valence-corrected chi connectivity index (χ0v) is 77.1. The van der Waals surface area contributed by atoms with E-state index in [-0.39, 0.29) is 96.0 Å². The number of hydrogen-bond donors (Lipinski definition) is 22. The maximum atomic E-state index is 15.7. The van der Waals surface area contributed by atoms with E-state index in [0.29, 0.717) is 69.9 Å². The summed E-state index contributed by atoms with van der Waals surface area (Å²) in [5.41, 5.74) is 25.8. The Hall–Kier alpha value is -13.8. The van der Waals surface area contributed by atoms with Crippen molar-refractivity contribution in [2.75, 3.05) is 72.0 Å². The molecule has 1 unspecified atom stereocenters. The summed E-state index contributed by atoms with van der Waals surface area (Å²) >= 11 is 0.756. The van der Waals surface area contributed by atoms with Crippen molar-refractivity contribution in [3.63, 3.8) is 0 Å². The molecule has 6 heterocycles. The highest BCUT2D eigenvalue weighted by molar-refractivity contribution is 8.00. The van der Waals surface area contributed by atoms with Crippen LogP contribution in [0.25, 0.3) is 21.8 Å². The number of para-hydroxylation sites is 2. The molecule has 732 valence electrons. The molecule has 45 nitrogen and oxygen atoms in total. The molecule has 3 fully saturated rings. The van der Waals surface area contributed by atoms with Crippen LogP contribution in [0.4, 0.5) is 0 Å². The largest absolute Gasteiger partial charge is 0.508 e. The number of hydrogen-bond acceptors (Lipinski definition) is 24. The number of primary amides is 2. The maximum absolute atomic E-state index is 15.7. The number of nitrogens with one attached hydrogen (secondary N) is 15. The molecule has 135 heavy (non-hydrogen) atoms. The molecule has 6 aromatic rings. The number of aliphatic hydroxyl groups is 2. The Kier molecular flexibility index (Phi) is 39.2. The molecular weight excluding hydrogens is 1770 g/mol. The smallest absolute Gasteiger partial charge is 0.246 e. The lowest BCUT2D eigenvalue weighted by Gasteiger charge is -2.36. The minimum Gasteiger partial charge on any atom is -0.508 e. The minimum absolute atomic E-state index is 0.0174. The first-order valence-electron chi connectivity index (χ1n) is 44.9. The first kappa shape index (κ1) is 105. The van der Waals surface area contributed by atoms with Crippen LogP contribution in [0.2, 0.25) is 0 Å². The number of imidazole rings is 1. The molecule has 46 heteroatoms. The number of aliphatic hydroxyl groups excluding tert-OH is 2. The number of likely N-dealkylation sites (N-methyl/N-ethyl adjacent to an activating group) is 3. The average molecular weight is 1900 g/mol. The van der Waals surface area contributed by atoms with Gasteiger partial charge in [0.15, 0.2) is 5.96 Å². The normalized spacial score (nSPS) is 24.7. The van der Waals surface area contributed by atoms with Crippen LogP contribution in [0, 0.1) is 5.41 Å². The number of phenols is 1. The van der Waals surface area contributed by atoms with E-state index < -0.39 is 241 Å². The molecule has 0 bridgehead atoms. The number of nitrogens with zero attached hydrogens (tertiary/aromatic N) is 6. The molecule has 0 spiro atoms. The number of aromatic hydroxyl groups is 1. The number of aromatic amines is 3. The molecule has 3 saturated heterocycles. The number of nitrogens with two attached hydrogens (primary N) is 4. The summed E-state index contributed by atoms with van der Waals surface area (Å²) < 4.78 is 0. The predicted octanol–water partition coefficient (Wildman–Crippen LogP) is -4.63. The number of amides is 17. The van der Waals surface area contributed by atoms with Gasteiger partial charge in [-0.25, -0.2) is 4.98 Å². The minimum atomic E-state index is -1.90. The van der Waals surface area contributed by atoms with E-state index in [9.17, 15) is 63.3 Å². The number of benzene rings is 3. The van der Waals surface area contributed by atoms with Gasteiger partial charge in [0.05, 0.1) is 37.8 Å². The van der Waals surface area contributed by atoms with Gasteiger partial charge in [0.2, 0.25) is 100 Å². The molecule has 0 aliphatic carbocycles. The van der Waals surface area contributed by atoms with Crippen LogP contribution in [0.5, 0.6) is 5.75 Å². The van der Waals surface area contributed by atoms with Crippen LogP contribution in [0.15, 0.2) is 97.7 Å². The van der Waals surface area contributed by atoms with Gasteiger partial charge in [0.25, 0.3) is 0 Å². The fourth-order valence-corrected chi connectivity index (χ4v) is 17.4. The zero-order valence-electron chi connectivity index (χ0n) is 76.3. The summed E-state index contributed by atoms with van der Waals surface area (Å²) in [6, 6.07) is -2.61. The number of carbonyl (C=O) groups excluding carboxylic acids is 17. The molecule has 26 N–H and O–H groups in total. The molecule has 3 aliphatic rings. The Morgan fingerprint density at radius 3 is 1.68 bits per heavy atom. The Morgan fingerprint density at radius 2 is 1.08 bits per heavy atom. The van der Waals surface area contributed by atoms with Crippen molar-refractivity contribution in [3.8, 4) is 5.75 Å². The van der Waals surface area contributed by atoms with E-state index in [1.54, 1.807) is 60.9 Å². The predicted molar refractivity (Wildman–Crippen MR) is 494 cm³/mol. The highest BCUT2D eigenvalue weighted by Crippen LogP contribution is 2.28.